The number of ether oxygens (including phenoxy) is 2. The number of methoxy groups -OCH3 is 2. The average Bonchev–Trinajstić information content (AvgIpc) is 2.60. The van der Waals surface area contributed by atoms with Crippen molar-refractivity contribution in [3.8, 4) is 11.5 Å². The molecule has 128 valence electrons. The van der Waals surface area contributed by atoms with Crippen LogP contribution in [0.1, 0.15) is 18.1 Å². The standard InChI is InChI=1S/C18H21NO4S/c1-13-9-14-10-17(22-2)18(23-3)11-15(14)12-19(13)24(20,21)16-7-5-4-6-8-16/h4-8,10-11,13H,9,12H2,1-3H3. The summed E-state index contributed by atoms with van der Waals surface area (Å²) in [5, 5.41) is 0. The van der Waals surface area contributed by atoms with E-state index in [2.05, 4.69) is 0 Å². The molecule has 1 heterocycles. The molecule has 0 aliphatic carbocycles. The first-order chi connectivity index (χ1) is 11.5. The maximum absolute atomic E-state index is 13.0. The molecule has 0 N–H and O–H groups in total. The van der Waals surface area contributed by atoms with Crippen molar-refractivity contribution in [3.63, 3.8) is 0 Å². The lowest BCUT2D eigenvalue weighted by atomic mass is 9.96. The third-order valence-electron chi connectivity index (χ3n) is 4.39. The summed E-state index contributed by atoms with van der Waals surface area (Å²) in [7, 11) is -0.351. The van der Waals surface area contributed by atoms with Gasteiger partial charge in [-0.05, 0) is 48.7 Å². The van der Waals surface area contributed by atoms with Crippen molar-refractivity contribution in [2.45, 2.75) is 30.8 Å². The van der Waals surface area contributed by atoms with Gasteiger partial charge in [-0.2, -0.15) is 4.31 Å². The van der Waals surface area contributed by atoms with Crippen LogP contribution in [0.25, 0.3) is 0 Å². The van der Waals surface area contributed by atoms with E-state index in [-0.39, 0.29) is 6.04 Å². The second kappa shape index (κ2) is 6.45. The van der Waals surface area contributed by atoms with Crippen LogP contribution in [0, 0.1) is 0 Å². The van der Waals surface area contributed by atoms with Gasteiger partial charge in [0.05, 0.1) is 19.1 Å². The fourth-order valence-corrected chi connectivity index (χ4v) is 4.72. The fraction of sp³-hybridized carbons (Fsp3) is 0.333. The highest BCUT2D eigenvalue weighted by Gasteiger charge is 2.33. The molecule has 2 aromatic carbocycles. The first kappa shape index (κ1) is 16.8. The second-order valence-electron chi connectivity index (χ2n) is 5.89. The number of hydrogen-bond donors (Lipinski definition) is 0. The molecule has 1 unspecified atom stereocenters. The summed E-state index contributed by atoms with van der Waals surface area (Å²) in [5.41, 5.74) is 2.05. The van der Waals surface area contributed by atoms with Crippen LogP contribution in [0.5, 0.6) is 11.5 Å². The van der Waals surface area contributed by atoms with Crippen molar-refractivity contribution in [1.82, 2.24) is 4.31 Å². The van der Waals surface area contributed by atoms with E-state index in [1.165, 1.54) is 0 Å². The van der Waals surface area contributed by atoms with Crippen molar-refractivity contribution >= 4 is 10.0 Å². The lowest BCUT2D eigenvalue weighted by Gasteiger charge is -2.34. The van der Waals surface area contributed by atoms with Gasteiger partial charge in [-0.1, -0.05) is 18.2 Å². The number of benzene rings is 2. The zero-order chi connectivity index (χ0) is 17.3. The largest absolute Gasteiger partial charge is 0.493 e. The summed E-state index contributed by atoms with van der Waals surface area (Å²) in [6.07, 6.45) is 0.641. The molecule has 3 rings (SSSR count). The SMILES string of the molecule is COc1cc2c(cc1OC)CN(S(=O)(=O)c1ccccc1)C(C)C2. The second-order valence-corrected chi connectivity index (χ2v) is 7.78. The Morgan fingerprint density at radius 2 is 1.58 bits per heavy atom. The summed E-state index contributed by atoms with van der Waals surface area (Å²) in [6.45, 7) is 2.26. The summed E-state index contributed by atoms with van der Waals surface area (Å²) < 4.78 is 38.1. The van der Waals surface area contributed by atoms with Crippen molar-refractivity contribution in [2.75, 3.05) is 14.2 Å². The Labute approximate surface area is 142 Å². The number of rotatable bonds is 4. The van der Waals surface area contributed by atoms with Gasteiger partial charge in [0.25, 0.3) is 0 Å². The van der Waals surface area contributed by atoms with Gasteiger partial charge < -0.3 is 9.47 Å². The predicted octanol–water partition coefficient (Wildman–Crippen LogP) is 2.84. The molecule has 0 radical (unpaired) electrons. The van der Waals surface area contributed by atoms with Gasteiger partial charge in [0.2, 0.25) is 10.0 Å². The average molecular weight is 347 g/mol. The first-order valence-corrected chi connectivity index (χ1v) is 9.22. The number of hydrogen-bond acceptors (Lipinski definition) is 4. The van der Waals surface area contributed by atoms with Gasteiger partial charge in [-0.3, -0.25) is 0 Å². The van der Waals surface area contributed by atoms with Crippen LogP contribution in [0.2, 0.25) is 0 Å². The van der Waals surface area contributed by atoms with Crippen LogP contribution < -0.4 is 9.47 Å². The van der Waals surface area contributed by atoms with Gasteiger partial charge in [-0.25, -0.2) is 8.42 Å². The molecule has 0 bridgehead atoms. The van der Waals surface area contributed by atoms with Crippen LogP contribution in [-0.4, -0.2) is 33.0 Å². The molecule has 0 fully saturated rings. The molecule has 1 atom stereocenters. The number of nitrogens with zero attached hydrogens (tertiary/aromatic N) is 1. The third kappa shape index (κ3) is 2.87. The highest BCUT2D eigenvalue weighted by Crippen LogP contribution is 2.36. The van der Waals surface area contributed by atoms with Crippen molar-refractivity contribution < 1.29 is 17.9 Å². The Morgan fingerprint density at radius 1 is 1.00 bits per heavy atom. The van der Waals surface area contributed by atoms with Gasteiger partial charge in [0.1, 0.15) is 0 Å². The molecule has 2 aromatic rings. The van der Waals surface area contributed by atoms with Crippen molar-refractivity contribution in [1.29, 1.82) is 0 Å². The van der Waals surface area contributed by atoms with Gasteiger partial charge in [-0.15, -0.1) is 0 Å². The van der Waals surface area contributed by atoms with Crippen LogP contribution in [0.4, 0.5) is 0 Å². The molecule has 0 saturated carbocycles. The molecule has 0 spiro atoms. The molecular weight excluding hydrogens is 326 g/mol. The maximum Gasteiger partial charge on any atom is 0.243 e. The summed E-state index contributed by atoms with van der Waals surface area (Å²) in [6, 6.07) is 12.2. The Kier molecular flexibility index (Phi) is 4.51. The molecule has 5 nitrogen and oxygen atoms in total. The Bertz CT molecular complexity index is 834. The van der Waals surface area contributed by atoms with E-state index in [0.717, 1.165) is 11.1 Å². The van der Waals surface area contributed by atoms with Crippen LogP contribution in [0.15, 0.2) is 47.4 Å². The molecule has 24 heavy (non-hydrogen) atoms. The molecule has 1 aliphatic heterocycles. The van der Waals surface area contributed by atoms with Crippen LogP contribution in [-0.2, 0) is 23.0 Å². The monoisotopic (exact) mass is 347 g/mol. The summed E-state index contributed by atoms with van der Waals surface area (Å²) in [5.74, 6) is 1.28. The van der Waals surface area contributed by atoms with E-state index >= 15 is 0 Å². The first-order valence-electron chi connectivity index (χ1n) is 7.78. The highest BCUT2D eigenvalue weighted by molar-refractivity contribution is 7.89. The Balaban J connectivity index is 2.00. The van der Waals surface area contributed by atoms with Crippen LogP contribution in [0.3, 0.4) is 0 Å². The highest BCUT2D eigenvalue weighted by atomic mass is 32.2. The van der Waals surface area contributed by atoms with Crippen LogP contribution >= 0.6 is 0 Å². The smallest absolute Gasteiger partial charge is 0.243 e. The predicted molar refractivity (Wildman–Crippen MR) is 91.9 cm³/mol. The molecule has 0 saturated heterocycles. The minimum Gasteiger partial charge on any atom is -0.493 e. The van der Waals surface area contributed by atoms with E-state index in [4.69, 9.17) is 9.47 Å². The van der Waals surface area contributed by atoms with E-state index in [0.29, 0.717) is 29.4 Å². The molecule has 1 aliphatic rings. The van der Waals surface area contributed by atoms with E-state index in [1.54, 1.807) is 42.8 Å². The lowest BCUT2D eigenvalue weighted by molar-refractivity contribution is 0.305. The third-order valence-corrected chi connectivity index (χ3v) is 6.36. The molecule has 0 aromatic heterocycles. The molecular formula is C18H21NO4S. The van der Waals surface area contributed by atoms with E-state index < -0.39 is 10.0 Å². The van der Waals surface area contributed by atoms with Gasteiger partial charge in [0, 0.05) is 12.6 Å². The zero-order valence-electron chi connectivity index (χ0n) is 14.0. The zero-order valence-corrected chi connectivity index (χ0v) is 14.8. The van der Waals surface area contributed by atoms with Gasteiger partial charge in [0.15, 0.2) is 11.5 Å². The fourth-order valence-electron chi connectivity index (χ4n) is 3.09. The lowest BCUT2D eigenvalue weighted by Crippen LogP contribution is -2.42. The Hall–Kier alpha value is -2.05. The van der Waals surface area contributed by atoms with E-state index in [9.17, 15) is 8.42 Å². The van der Waals surface area contributed by atoms with Crippen molar-refractivity contribution in [2.24, 2.45) is 0 Å². The minimum atomic E-state index is -3.53. The summed E-state index contributed by atoms with van der Waals surface area (Å²) in [4.78, 5) is 0.320. The maximum atomic E-state index is 13.0. The normalized spacial score (nSPS) is 18.0. The quantitative estimate of drug-likeness (QED) is 0.853. The molecule has 6 heteroatoms. The topological polar surface area (TPSA) is 55.8 Å². The van der Waals surface area contributed by atoms with Gasteiger partial charge >= 0.3 is 0 Å². The molecule has 0 amide bonds. The minimum absolute atomic E-state index is 0.124. The number of sulfonamides is 1. The number of fused-ring (bicyclic) bond motifs is 1. The van der Waals surface area contributed by atoms with Crippen molar-refractivity contribution in [3.05, 3.63) is 53.6 Å². The van der Waals surface area contributed by atoms with E-state index in [1.807, 2.05) is 25.1 Å². The summed E-state index contributed by atoms with van der Waals surface area (Å²) >= 11 is 0. The Morgan fingerprint density at radius 3 is 2.17 bits per heavy atom.